The maximum absolute atomic E-state index is 9.51. The number of rotatable bonds is 2. The third kappa shape index (κ3) is 5.69. The van der Waals surface area contributed by atoms with Crippen molar-refractivity contribution in [2.75, 3.05) is 5.75 Å². The Morgan fingerprint density at radius 2 is 2.62 bits per heavy atom. The zero-order valence-corrected chi connectivity index (χ0v) is 5.72. The maximum atomic E-state index is 9.51. The minimum Gasteiger partial charge on any atom is -0.385 e. The zero-order valence-electron chi connectivity index (χ0n) is 4.09. The van der Waals surface area contributed by atoms with Gasteiger partial charge in [0.25, 0.3) is 0 Å². The van der Waals surface area contributed by atoms with E-state index in [1.807, 2.05) is 0 Å². The highest BCUT2D eigenvalue weighted by Gasteiger charge is 1.83. The molecule has 4 heteroatoms. The van der Waals surface area contributed by atoms with Crippen LogP contribution in [0, 0.1) is 0 Å². The molecule has 0 aliphatic carbocycles. The van der Waals surface area contributed by atoms with Crippen LogP contribution in [0.2, 0.25) is 0 Å². The molecule has 0 amide bonds. The van der Waals surface area contributed by atoms with E-state index in [0.717, 1.165) is 0 Å². The number of nitrogens with two attached hydrogens (primary N) is 1. The Balaban J connectivity index is 3.18. The quantitative estimate of drug-likeness (QED) is 0.452. The van der Waals surface area contributed by atoms with Crippen molar-refractivity contribution in [1.82, 2.24) is 0 Å². The molecule has 0 bridgehead atoms. The van der Waals surface area contributed by atoms with Crippen LogP contribution in [0.25, 0.3) is 0 Å². The summed E-state index contributed by atoms with van der Waals surface area (Å²) < 4.78 is 0.358. The molecule has 2 nitrogen and oxygen atoms in total. The van der Waals surface area contributed by atoms with Gasteiger partial charge in [-0.2, -0.15) is 0 Å². The van der Waals surface area contributed by atoms with Crippen LogP contribution < -0.4 is 5.73 Å². The Kier molecular flexibility index (Phi) is 4.65. The topological polar surface area (TPSA) is 43.1 Å². The van der Waals surface area contributed by atoms with Crippen LogP contribution in [0.3, 0.4) is 0 Å². The molecule has 0 rings (SSSR count). The van der Waals surface area contributed by atoms with Crippen molar-refractivity contribution >= 4 is 34.2 Å². The Morgan fingerprint density at radius 3 is 3.00 bits per heavy atom. The van der Waals surface area contributed by atoms with Gasteiger partial charge in [0, 0.05) is 11.8 Å². The van der Waals surface area contributed by atoms with E-state index in [1.165, 1.54) is 17.8 Å². The molecule has 0 spiro atoms. The molecule has 0 aromatic rings. The van der Waals surface area contributed by atoms with Gasteiger partial charge < -0.3 is 5.73 Å². The van der Waals surface area contributed by atoms with Crippen LogP contribution in [0.15, 0.2) is 6.08 Å². The van der Waals surface area contributed by atoms with Crippen molar-refractivity contribution in [3.63, 3.8) is 0 Å². The Hall–Kier alpha value is -0.310. The largest absolute Gasteiger partial charge is 0.385 e. The lowest BCUT2D eigenvalue weighted by Crippen LogP contribution is -2.01. The first-order valence-corrected chi connectivity index (χ1v) is 3.28. The summed E-state index contributed by atoms with van der Waals surface area (Å²) in [6.07, 6.45) is 1.34. The first kappa shape index (κ1) is 7.69. The van der Waals surface area contributed by atoms with Crippen molar-refractivity contribution in [1.29, 1.82) is 0 Å². The second-order valence-electron chi connectivity index (χ2n) is 0.952. The van der Waals surface area contributed by atoms with Crippen molar-refractivity contribution in [3.05, 3.63) is 6.08 Å². The van der Waals surface area contributed by atoms with Gasteiger partial charge in [0.05, 0.1) is 0 Å². The molecular formula is C4H5NOS2. The van der Waals surface area contributed by atoms with Crippen LogP contribution in [0.1, 0.15) is 0 Å². The van der Waals surface area contributed by atoms with Crippen molar-refractivity contribution in [3.8, 4) is 0 Å². The van der Waals surface area contributed by atoms with Gasteiger partial charge in [-0.25, -0.2) is 4.79 Å². The molecule has 8 heavy (non-hydrogen) atoms. The van der Waals surface area contributed by atoms with E-state index in [1.54, 1.807) is 5.94 Å². The van der Waals surface area contributed by atoms with Gasteiger partial charge >= 0.3 is 0 Å². The fourth-order valence-electron chi connectivity index (χ4n) is 0.158. The number of thioether (sulfide) groups is 1. The van der Waals surface area contributed by atoms with E-state index in [9.17, 15) is 4.79 Å². The number of hydrogen-bond donors (Lipinski definition) is 1. The van der Waals surface area contributed by atoms with Crippen molar-refractivity contribution in [2.45, 2.75) is 0 Å². The number of carbonyl (C=O) groups excluding carboxylic acids is 1. The third-order valence-corrected chi connectivity index (χ3v) is 1.36. The molecule has 0 saturated carbocycles. The van der Waals surface area contributed by atoms with Crippen LogP contribution >= 0.6 is 24.0 Å². The molecule has 0 aromatic heterocycles. The monoisotopic (exact) mass is 147 g/mol. The number of hydrogen-bond acceptors (Lipinski definition) is 3. The van der Waals surface area contributed by atoms with Crippen molar-refractivity contribution in [2.24, 2.45) is 5.73 Å². The molecule has 0 fully saturated rings. The summed E-state index contributed by atoms with van der Waals surface area (Å²) in [5.74, 6) is 2.14. The smallest absolute Gasteiger partial charge is 0.131 e. The van der Waals surface area contributed by atoms with E-state index in [4.69, 9.17) is 5.73 Å². The molecular weight excluding hydrogens is 142 g/mol. The van der Waals surface area contributed by atoms with Crippen molar-refractivity contribution < 1.29 is 4.79 Å². The molecule has 0 radical (unpaired) electrons. The van der Waals surface area contributed by atoms with Crippen LogP contribution in [-0.4, -0.2) is 16.0 Å². The first-order valence-electron chi connectivity index (χ1n) is 1.89. The van der Waals surface area contributed by atoms with Gasteiger partial charge in [0.2, 0.25) is 0 Å². The lowest BCUT2D eigenvalue weighted by atomic mass is 10.8. The average Bonchev–Trinajstić information content (AvgIpc) is 1.66. The molecule has 2 N–H and O–H groups in total. The minimum absolute atomic E-state index is 0.358. The second kappa shape index (κ2) is 4.84. The van der Waals surface area contributed by atoms with Gasteiger partial charge in [-0.15, -0.1) is 0 Å². The summed E-state index contributed by atoms with van der Waals surface area (Å²) in [6.45, 7) is 0. The fraction of sp³-hybridized carbons (Fsp3) is 0.250. The van der Waals surface area contributed by atoms with E-state index in [2.05, 4.69) is 12.2 Å². The molecule has 0 aliphatic rings. The lowest BCUT2D eigenvalue weighted by molar-refractivity contribution is 0.568. The van der Waals surface area contributed by atoms with Gasteiger partial charge in [-0.3, -0.25) is 0 Å². The standard InChI is InChI=1S/C4H5NOS2/c5-4(7)8-3-1-2-6/h1H,3H2,(H2,5,7). The molecule has 0 aliphatic heterocycles. The summed E-state index contributed by atoms with van der Waals surface area (Å²) >= 11 is 5.75. The van der Waals surface area contributed by atoms with Crippen LogP contribution in [0.4, 0.5) is 0 Å². The zero-order chi connectivity index (χ0) is 6.41. The summed E-state index contributed by atoms with van der Waals surface area (Å²) in [7, 11) is 0. The normalized spacial score (nSPS) is 7.50. The highest BCUT2D eigenvalue weighted by Crippen LogP contribution is 1.96. The maximum Gasteiger partial charge on any atom is 0.131 e. The Morgan fingerprint density at radius 1 is 2.00 bits per heavy atom. The molecule has 0 heterocycles. The highest BCUT2D eigenvalue weighted by molar-refractivity contribution is 8.23. The summed E-state index contributed by atoms with van der Waals surface area (Å²) in [5.41, 5.74) is 5.08. The van der Waals surface area contributed by atoms with E-state index in [-0.39, 0.29) is 0 Å². The molecule has 0 atom stereocenters. The molecule has 0 unspecified atom stereocenters. The van der Waals surface area contributed by atoms with E-state index < -0.39 is 0 Å². The number of thiocarbonyl (C=S) groups is 1. The molecule has 0 saturated heterocycles. The second-order valence-corrected chi connectivity index (χ2v) is 2.71. The van der Waals surface area contributed by atoms with Gasteiger partial charge in [-0.1, -0.05) is 24.0 Å². The van der Waals surface area contributed by atoms with Crippen LogP contribution in [0.5, 0.6) is 0 Å². The van der Waals surface area contributed by atoms with Gasteiger partial charge in [0.1, 0.15) is 10.3 Å². The van der Waals surface area contributed by atoms with Crippen LogP contribution in [-0.2, 0) is 4.79 Å². The average molecular weight is 147 g/mol. The predicted molar refractivity (Wildman–Crippen MR) is 39.5 cm³/mol. The summed E-state index contributed by atoms with van der Waals surface area (Å²) in [4.78, 5) is 9.51. The summed E-state index contributed by atoms with van der Waals surface area (Å²) in [5, 5.41) is 0. The first-order chi connectivity index (χ1) is 3.77. The lowest BCUT2D eigenvalue weighted by Gasteiger charge is -1.86. The van der Waals surface area contributed by atoms with E-state index >= 15 is 0 Å². The predicted octanol–water partition coefficient (Wildman–Crippen LogP) is 0.351. The fourth-order valence-corrected chi connectivity index (χ4v) is 0.678. The highest BCUT2D eigenvalue weighted by atomic mass is 32.2. The summed E-state index contributed by atoms with van der Waals surface area (Å²) in [6, 6.07) is 0. The minimum atomic E-state index is 0.358. The van der Waals surface area contributed by atoms with E-state index in [0.29, 0.717) is 10.1 Å². The Labute approximate surface area is 57.1 Å². The van der Waals surface area contributed by atoms with Gasteiger partial charge in [0.15, 0.2) is 0 Å². The Bertz CT molecular complexity index is 126. The SMILES string of the molecule is NC(=S)SCC=C=O. The molecule has 44 valence electrons. The van der Waals surface area contributed by atoms with Gasteiger partial charge in [-0.05, 0) is 0 Å². The molecule has 0 aromatic carbocycles. The third-order valence-electron chi connectivity index (χ3n) is 0.392.